The Kier molecular flexibility index (Phi) is 4.08. The van der Waals surface area contributed by atoms with Gasteiger partial charge in [-0.05, 0) is 24.3 Å². The number of hydrogen-bond donors (Lipinski definition) is 0. The first-order valence-corrected chi connectivity index (χ1v) is 8.08. The molecule has 0 atom stereocenters. The average molecular weight is 384 g/mol. The molecule has 6 nitrogen and oxygen atoms in total. The molecule has 2 aromatic heterocycles. The van der Waals surface area contributed by atoms with Crippen molar-refractivity contribution < 1.29 is 22.0 Å². The molecule has 0 N–H and O–H groups in total. The minimum Gasteiger partial charge on any atom is -0.366 e. The van der Waals surface area contributed by atoms with Gasteiger partial charge in [-0.3, -0.25) is 0 Å². The predicted octanol–water partition coefficient (Wildman–Crippen LogP) is 2.75. The number of alkyl halides is 3. The molecule has 0 radical (unpaired) electrons. The molecule has 0 bridgehead atoms. The third-order valence-electron chi connectivity index (χ3n) is 4.38. The summed E-state index contributed by atoms with van der Waals surface area (Å²) in [7, 11) is 0. The second-order valence-electron chi connectivity index (χ2n) is 6.03. The molecule has 0 spiro atoms. The number of fused-ring (bicyclic) bond motifs is 1. The van der Waals surface area contributed by atoms with Gasteiger partial charge in [0.1, 0.15) is 5.82 Å². The molecule has 4 rings (SSSR count). The van der Waals surface area contributed by atoms with Gasteiger partial charge < -0.3 is 9.80 Å². The molecule has 0 aliphatic carbocycles. The Morgan fingerprint density at radius 3 is 2.26 bits per heavy atom. The van der Waals surface area contributed by atoms with Crippen molar-refractivity contribution in [3.05, 3.63) is 47.8 Å². The number of nitrogens with zero attached hydrogens (tertiary/aromatic N) is 6. The summed E-state index contributed by atoms with van der Waals surface area (Å²) in [6, 6.07) is 6.93. The van der Waals surface area contributed by atoms with Gasteiger partial charge in [-0.1, -0.05) is 6.07 Å². The van der Waals surface area contributed by atoms with Gasteiger partial charge >= 0.3 is 6.18 Å². The predicted molar refractivity (Wildman–Crippen MR) is 86.6 cm³/mol. The highest BCUT2D eigenvalue weighted by molar-refractivity contribution is 5.51. The van der Waals surface area contributed by atoms with E-state index in [1.165, 1.54) is 18.2 Å². The van der Waals surface area contributed by atoms with E-state index in [1.54, 1.807) is 15.9 Å². The average Bonchev–Trinajstić information content (AvgIpc) is 3.08. The maximum atomic E-state index is 13.9. The number of aromatic nitrogens is 4. The van der Waals surface area contributed by atoms with Crippen LogP contribution in [0.3, 0.4) is 0 Å². The van der Waals surface area contributed by atoms with E-state index >= 15 is 0 Å². The minimum absolute atomic E-state index is 0.00783. The van der Waals surface area contributed by atoms with Crippen LogP contribution in [-0.2, 0) is 6.18 Å². The Balaban J connectivity index is 1.55. The maximum Gasteiger partial charge on any atom is 0.453 e. The van der Waals surface area contributed by atoms with E-state index in [2.05, 4.69) is 15.3 Å². The number of piperazine rings is 1. The fourth-order valence-corrected chi connectivity index (χ4v) is 3.04. The van der Waals surface area contributed by atoms with Crippen LogP contribution in [0.5, 0.6) is 0 Å². The van der Waals surface area contributed by atoms with E-state index < -0.39 is 23.6 Å². The molecule has 11 heteroatoms. The molecule has 0 saturated carbocycles. The maximum absolute atomic E-state index is 13.9. The quantitative estimate of drug-likeness (QED) is 0.636. The van der Waals surface area contributed by atoms with Gasteiger partial charge in [0, 0.05) is 26.2 Å². The van der Waals surface area contributed by atoms with E-state index in [0.29, 0.717) is 36.5 Å². The zero-order valence-electron chi connectivity index (χ0n) is 13.8. The molecule has 3 aromatic rings. The normalized spacial score (nSPS) is 15.6. The van der Waals surface area contributed by atoms with Crippen LogP contribution in [0.1, 0.15) is 5.82 Å². The zero-order chi connectivity index (χ0) is 19.2. The largest absolute Gasteiger partial charge is 0.453 e. The molecule has 142 valence electrons. The molecular formula is C16H13F5N6. The number of hydrogen-bond acceptors (Lipinski definition) is 5. The van der Waals surface area contributed by atoms with E-state index in [4.69, 9.17) is 0 Å². The highest BCUT2D eigenvalue weighted by Crippen LogP contribution is 2.28. The summed E-state index contributed by atoms with van der Waals surface area (Å²) in [6.07, 6.45) is -4.67. The molecule has 0 amide bonds. The standard InChI is InChI=1S/C16H13F5N6/c17-10-2-1-3-11(14(10)18)25-6-8-26(9-7-25)13-5-4-12-22-23-15(16(19,20)21)27(12)24-13/h1-5H,6-9H2. The molecule has 0 unspecified atom stereocenters. The number of rotatable bonds is 2. The molecule has 1 aliphatic heterocycles. The first-order chi connectivity index (χ1) is 12.8. The summed E-state index contributed by atoms with van der Waals surface area (Å²) < 4.78 is 66.9. The summed E-state index contributed by atoms with van der Waals surface area (Å²) in [6.45, 7) is 1.51. The number of anilines is 2. The highest BCUT2D eigenvalue weighted by atomic mass is 19.4. The van der Waals surface area contributed by atoms with E-state index in [9.17, 15) is 22.0 Å². The summed E-state index contributed by atoms with van der Waals surface area (Å²) >= 11 is 0. The highest BCUT2D eigenvalue weighted by Gasteiger charge is 2.38. The van der Waals surface area contributed by atoms with Crippen molar-refractivity contribution in [2.45, 2.75) is 6.18 Å². The monoisotopic (exact) mass is 384 g/mol. The van der Waals surface area contributed by atoms with Crippen LogP contribution in [0, 0.1) is 11.6 Å². The Bertz CT molecular complexity index is 977. The van der Waals surface area contributed by atoms with Crippen molar-refractivity contribution in [2.24, 2.45) is 0 Å². The Morgan fingerprint density at radius 2 is 1.56 bits per heavy atom. The molecule has 27 heavy (non-hydrogen) atoms. The number of halogens is 5. The molecule has 1 aliphatic rings. The minimum atomic E-state index is -4.67. The van der Waals surface area contributed by atoms with Gasteiger partial charge in [0.25, 0.3) is 5.82 Å². The van der Waals surface area contributed by atoms with Crippen LogP contribution in [0.4, 0.5) is 33.5 Å². The lowest BCUT2D eigenvalue weighted by molar-refractivity contribution is -0.146. The summed E-state index contributed by atoms with van der Waals surface area (Å²) in [5.41, 5.74) is 0.155. The van der Waals surface area contributed by atoms with Gasteiger partial charge in [-0.25, -0.2) is 8.78 Å². The summed E-state index contributed by atoms with van der Waals surface area (Å²) in [5.74, 6) is -2.70. The molecular weight excluding hydrogens is 371 g/mol. The SMILES string of the molecule is Fc1cccc(N2CCN(c3ccc4nnc(C(F)(F)F)n4n3)CC2)c1F. The lowest BCUT2D eigenvalue weighted by atomic mass is 10.2. The fraction of sp³-hybridized carbons (Fsp3) is 0.312. The van der Waals surface area contributed by atoms with Crippen LogP contribution in [-0.4, -0.2) is 46.0 Å². The third-order valence-corrected chi connectivity index (χ3v) is 4.38. The number of benzene rings is 1. The Morgan fingerprint density at radius 1 is 0.852 bits per heavy atom. The molecule has 1 aromatic carbocycles. The Hall–Kier alpha value is -2.98. The van der Waals surface area contributed by atoms with Gasteiger partial charge in [0.15, 0.2) is 17.3 Å². The van der Waals surface area contributed by atoms with Crippen LogP contribution in [0.2, 0.25) is 0 Å². The van der Waals surface area contributed by atoms with Crippen LogP contribution < -0.4 is 9.80 Å². The lowest BCUT2D eigenvalue weighted by Crippen LogP contribution is -2.47. The van der Waals surface area contributed by atoms with Gasteiger partial charge in [0.2, 0.25) is 0 Å². The van der Waals surface area contributed by atoms with Crippen molar-refractivity contribution in [1.82, 2.24) is 19.8 Å². The second-order valence-corrected chi connectivity index (χ2v) is 6.03. The van der Waals surface area contributed by atoms with Crippen LogP contribution >= 0.6 is 0 Å². The fourth-order valence-electron chi connectivity index (χ4n) is 3.04. The molecule has 1 saturated heterocycles. The van der Waals surface area contributed by atoms with Crippen LogP contribution in [0.15, 0.2) is 30.3 Å². The topological polar surface area (TPSA) is 49.6 Å². The van der Waals surface area contributed by atoms with Gasteiger partial charge in [-0.15, -0.1) is 15.3 Å². The van der Waals surface area contributed by atoms with E-state index in [-0.39, 0.29) is 11.3 Å². The molecule has 1 fully saturated rings. The van der Waals surface area contributed by atoms with Crippen molar-refractivity contribution in [3.63, 3.8) is 0 Å². The van der Waals surface area contributed by atoms with Crippen molar-refractivity contribution in [2.75, 3.05) is 36.0 Å². The van der Waals surface area contributed by atoms with Crippen molar-refractivity contribution >= 4 is 17.2 Å². The molecule has 3 heterocycles. The van der Waals surface area contributed by atoms with Gasteiger partial charge in [0.05, 0.1) is 5.69 Å². The van der Waals surface area contributed by atoms with Crippen molar-refractivity contribution in [3.8, 4) is 0 Å². The van der Waals surface area contributed by atoms with Crippen molar-refractivity contribution in [1.29, 1.82) is 0 Å². The second kappa shape index (κ2) is 6.32. The lowest BCUT2D eigenvalue weighted by Gasteiger charge is -2.36. The van der Waals surface area contributed by atoms with E-state index in [1.807, 2.05) is 0 Å². The summed E-state index contributed by atoms with van der Waals surface area (Å²) in [5, 5.41) is 10.6. The van der Waals surface area contributed by atoms with Crippen LogP contribution in [0.25, 0.3) is 5.65 Å². The first kappa shape index (κ1) is 17.4. The zero-order valence-corrected chi connectivity index (χ0v) is 13.8. The third kappa shape index (κ3) is 3.13. The first-order valence-electron chi connectivity index (χ1n) is 8.08. The summed E-state index contributed by atoms with van der Waals surface area (Å²) in [4.78, 5) is 3.46. The Labute approximate surface area is 149 Å². The van der Waals surface area contributed by atoms with Gasteiger partial charge in [-0.2, -0.15) is 17.7 Å². The smallest absolute Gasteiger partial charge is 0.366 e. The van der Waals surface area contributed by atoms with E-state index in [0.717, 1.165) is 6.07 Å².